The van der Waals surface area contributed by atoms with E-state index in [9.17, 15) is 4.21 Å². The Hall–Kier alpha value is -0.450. The van der Waals surface area contributed by atoms with Gasteiger partial charge in [0.25, 0.3) is 0 Å². The van der Waals surface area contributed by atoms with E-state index in [4.69, 9.17) is 15.4 Å². The van der Waals surface area contributed by atoms with Gasteiger partial charge in [-0.3, -0.25) is 4.18 Å². The predicted octanol–water partition coefficient (Wildman–Crippen LogP) is 2.66. The van der Waals surface area contributed by atoms with Gasteiger partial charge in [-0.15, -0.1) is 0 Å². The summed E-state index contributed by atoms with van der Waals surface area (Å²) >= 11 is 4.97. The molecule has 2 unspecified atom stereocenters. The predicted molar refractivity (Wildman–Crippen MR) is 66.5 cm³/mol. The van der Waals surface area contributed by atoms with Crippen LogP contribution in [0.25, 0.3) is 0 Å². The van der Waals surface area contributed by atoms with Crippen molar-refractivity contribution in [1.82, 2.24) is 0 Å². The van der Waals surface area contributed by atoms with E-state index in [0.717, 1.165) is 12.0 Å². The second-order valence-electron chi connectivity index (χ2n) is 3.50. The summed E-state index contributed by atoms with van der Waals surface area (Å²) in [7, 11) is -2.61. The molecule has 0 heterocycles. The van der Waals surface area contributed by atoms with Gasteiger partial charge in [0.1, 0.15) is 8.77 Å². The Balaban J connectivity index is 2.65. The van der Waals surface area contributed by atoms with Crippen LogP contribution in [0.15, 0.2) is 30.3 Å². The Labute approximate surface area is 96.5 Å². The highest BCUT2D eigenvalue weighted by molar-refractivity contribution is 8.29. The van der Waals surface area contributed by atoms with Crippen LogP contribution in [0.3, 0.4) is 0 Å². The molecule has 4 heteroatoms. The molecule has 0 aliphatic carbocycles. The van der Waals surface area contributed by atoms with E-state index in [1.807, 2.05) is 44.2 Å². The molecule has 15 heavy (non-hydrogen) atoms. The number of benzene rings is 1. The van der Waals surface area contributed by atoms with Crippen molar-refractivity contribution < 1.29 is 8.39 Å². The summed E-state index contributed by atoms with van der Waals surface area (Å²) in [6.07, 6.45) is 0.779. The largest absolute Gasteiger partial charge is 0.287 e. The number of rotatable bonds is 5. The summed E-state index contributed by atoms with van der Waals surface area (Å²) in [5.74, 6) is 0.313. The molecule has 0 radical (unpaired) electrons. The first-order valence-electron chi connectivity index (χ1n) is 4.98. The van der Waals surface area contributed by atoms with Gasteiger partial charge < -0.3 is 0 Å². The van der Waals surface area contributed by atoms with Gasteiger partial charge in [-0.1, -0.05) is 37.3 Å². The maximum atomic E-state index is 11.9. The lowest BCUT2D eigenvalue weighted by molar-refractivity contribution is 0.241. The van der Waals surface area contributed by atoms with E-state index < -0.39 is 8.77 Å². The molecule has 0 spiro atoms. The first-order valence-corrected chi connectivity index (χ1v) is 7.56. The summed E-state index contributed by atoms with van der Waals surface area (Å²) in [6, 6.07) is 9.55. The molecule has 1 rings (SSSR count). The third-order valence-electron chi connectivity index (χ3n) is 2.07. The van der Waals surface area contributed by atoms with E-state index in [2.05, 4.69) is 0 Å². The first kappa shape index (κ1) is 12.6. The average Bonchev–Trinajstić information content (AvgIpc) is 2.17. The normalized spacial score (nSPS) is 16.9. The van der Waals surface area contributed by atoms with Crippen molar-refractivity contribution in [2.24, 2.45) is 0 Å². The van der Waals surface area contributed by atoms with E-state index >= 15 is 0 Å². The molecule has 0 fully saturated rings. The van der Waals surface area contributed by atoms with Crippen LogP contribution in [0, 0.1) is 0 Å². The van der Waals surface area contributed by atoms with Gasteiger partial charge in [-0.25, -0.2) is 4.21 Å². The average molecular weight is 244 g/mol. The smallest absolute Gasteiger partial charge is 0.148 e. The molecule has 0 amide bonds. The fourth-order valence-corrected chi connectivity index (χ4v) is 3.25. The van der Waals surface area contributed by atoms with Crippen LogP contribution in [-0.4, -0.2) is 10.3 Å². The van der Waals surface area contributed by atoms with Crippen LogP contribution < -0.4 is 0 Å². The van der Waals surface area contributed by atoms with Gasteiger partial charge >= 0.3 is 0 Å². The Morgan fingerprint density at radius 3 is 2.53 bits per heavy atom. The Morgan fingerprint density at radius 2 is 2.00 bits per heavy atom. The van der Waals surface area contributed by atoms with Crippen molar-refractivity contribution in [2.75, 3.05) is 0 Å². The molecular weight excluding hydrogens is 228 g/mol. The van der Waals surface area contributed by atoms with Gasteiger partial charge in [-0.05, 0) is 18.9 Å². The van der Waals surface area contributed by atoms with Crippen molar-refractivity contribution in [1.29, 1.82) is 0 Å². The monoisotopic (exact) mass is 244 g/mol. The second kappa shape index (κ2) is 5.58. The first-order chi connectivity index (χ1) is 7.03. The SMILES string of the molecule is CCC(C)OS(=O)(=S)Cc1ccccc1. The molecule has 0 saturated heterocycles. The number of hydrogen-bond acceptors (Lipinski definition) is 3. The minimum atomic E-state index is -2.61. The maximum Gasteiger partial charge on any atom is 0.148 e. The highest BCUT2D eigenvalue weighted by Crippen LogP contribution is 2.11. The zero-order chi connectivity index (χ0) is 11.3. The summed E-state index contributed by atoms with van der Waals surface area (Å²) in [5.41, 5.74) is 0.959. The van der Waals surface area contributed by atoms with Gasteiger partial charge in [0, 0.05) is 11.2 Å². The lowest BCUT2D eigenvalue weighted by Gasteiger charge is -2.13. The van der Waals surface area contributed by atoms with Crippen LogP contribution in [0.4, 0.5) is 0 Å². The topological polar surface area (TPSA) is 26.3 Å². The second-order valence-corrected chi connectivity index (χ2v) is 6.62. The summed E-state index contributed by atoms with van der Waals surface area (Å²) in [4.78, 5) is 0. The quantitative estimate of drug-likeness (QED) is 0.796. The number of hydrogen-bond donors (Lipinski definition) is 0. The van der Waals surface area contributed by atoms with E-state index in [0.29, 0.717) is 5.75 Å². The molecule has 84 valence electrons. The third-order valence-corrected chi connectivity index (χ3v) is 3.97. The van der Waals surface area contributed by atoms with Crippen LogP contribution in [0.2, 0.25) is 0 Å². The van der Waals surface area contributed by atoms with Crippen molar-refractivity contribution in [3.8, 4) is 0 Å². The Kier molecular flexibility index (Phi) is 4.70. The minimum absolute atomic E-state index is 0.0429. The molecule has 0 aliphatic rings. The van der Waals surface area contributed by atoms with Crippen LogP contribution >= 0.6 is 0 Å². The molecule has 2 atom stereocenters. The van der Waals surface area contributed by atoms with Crippen LogP contribution in [-0.2, 0) is 29.9 Å². The van der Waals surface area contributed by atoms with Gasteiger partial charge in [0.15, 0.2) is 0 Å². The standard InChI is InChI=1S/C11H16O2S2/c1-3-10(2)13-15(12,14)9-11-7-5-4-6-8-11/h4-8,10H,3,9H2,1-2H3. The van der Waals surface area contributed by atoms with Gasteiger partial charge in [0.05, 0.1) is 11.9 Å². The lowest BCUT2D eigenvalue weighted by atomic mass is 10.2. The minimum Gasteiger partial charge on any atom is -0.287 e. The highest BCUT2D eigenvalue weighted by atomic mass is 32.8. The fourth-order valence-electron chi connectivity index (χ4n) is 1.13. The molecule has 0 aromatic heterocycles. The molecular formula is C11H16O2S2. The molecule has 0 saturated carbocycles. The summed E-state index contributed by atoms with van der Waals surface area (Å²) in [5, 5.41) is 0. The van der Waals surface area contributed by atoms with Gasteiger partial charge in [0.2, 0.25) is 0 Å². The highest BCUT2D eigenvalue weighted by Gasteiger charge is 2.11. The van der Waals surface area contributed by atoms with Crippen LogP contribution in [0.5, 0.6) is 0 Å². The van der Waals surface area contributed by atoms with Crippen molar-refractivity contribution >= 4 is 20.0 Å². The molecule has 1 aromatic rings. The Bertz CT molecular complexity index is 384. The van der Waals surface area contributed by atoms with Crippen LogP contribution in [0.1, 0.15) is 25.8 Å². The zero-order valence-corrected chi connectivity index (χ0v) is 10.6. The van der Waals surface area contributed by atoms with Gasteiger partial charge in [-0.2, -0.15) is 0 Å². The lowest BCUT2D eigenvalue weighted by Crippen LogP contribution is -2.15. The Morgan fingerprint density at radius 1 is 1.40 bits per heavy atom. The molecule has 0 N–H and O–H groups in total. The molecule has 2 nitrogen and oxygen atoms in total. The summed E-state index contributed by atoms with van der Waals surface area (Å²) < 4.78 is 17.3. The summed E-state index contributed by atoms with van der Waals surface area (Å²) in [6.45, 7) is 3.87. The van der Waals surface area contributed by atoms with Crippen molar-refractivity contribution in [3.63, 3.8) is 0 Å². The fraction of sp³-hybridized carbons (Fsp3) is 0.455. The van der Waals surface area contributed by atoms with Crippen molar-refractivity contribution in [2.45, 2.75) is 32.1 Å². The zero-order valence-electron chi connectivity index (χ0n) is 9.01. The molecule has 0 aliphatic heterocycles. The van der Waals surface area contributed by atoms with E-state index in [1.165, 1.54) is 0 Å². The van der Waals surface area contributed by atoms with Crippen molar-refractivity contribution in [3.05, 3.63) is 35.9 Å². The molecule has 0 bridgehead atoms. The molecule has 1 aromatic carbocycles. The third kappa shape index (κ3) is 4.73. The maximum absolute atomic E-state index is 11.9. The van der Waals surface area contributed by atoms with E-state index in [1.54, 1.807) is 0 Å². The van der Waals surface area contributed by atoms with E-state index in [-0.39, 0.29) is 6.10 Å².